The van der Waals surface area contributed by atoms with Gasteiger partial charge in [-0.15, -0.1) is 0 Å². The van der Waals surface area contributed by atoms with Crippen molar-refractivity contribution in [3.8, 4) is 5.69 Å². The fourth-order valence-corrected chi connectivity index (χ4v) is 4.75. The summed E-state index contributed by atoms with van der Waals surface area (Å²) in [6.45, 7) is 3.04. The third-order valence-corrected chi connectivity index (χ3v) is 6.97. The number of rotatable bonds is 7. The van der Waals surface area contributed by atoms with Crippen LogP contribution in [0.3, 0.4) is 0 Å². The van der Waals surface area contributed by atoms with E-state index in [9.17, 15) is 9.59 Å². The van der Waals surface area contributed by atoms with Crippen molar-refractivity contribution >= 4 is 17.5 Å². The third kappa shape index (κ3) is 5.28. The van der Waals surface area contributed by atoms with E-state index in [2.05, 4.69) is 27.9 Å². The molecule has 0 spiro atoms. The van der Waals surface area contributed by atoms with Gasteiger partial charge in [0.1, 0.15) is 0 Å². The zero-order chi connectivity index (χ0) is 24.1. The number of aromatic nitrogens is 2. The lowest BCUT2D eigenvalue weighted by molar-refractivity contribution is -0.119. The Labute approximate surface area is 204 Å². The third-order valence-electron chi connectivity index (χ3n) is 6.97. The molecular formula is C27H30N4O4. The number of amides is 2. The van der Waals surface area contributed by atoms with Crippen LogP contribution in [0.25, 0.3) is 5.69 Å². The molecule has 8 nitrogen and oxygen atoms in total. The van der Waals surface area contributed by atoms with E-state index in [1.807, 2.05) is 30.3 Å². The minimum Gasteiger partial charge on any atom is -0.381 e. The lowest BCUT2D eigenvalue weighted by Crippen LogP contribution is -2.44. The van der Waals surface area contributed by atoms with Gasteiger partial charge in [-0.3, -0.25) is 9.59 Å². The maximum absolute atomic E-state index is 12.9. The van der Waals surface area contributed by atoms with Gasteiger partial charge in [-0.05, 0) is 49.1 Å². The van der Waals surface area contributed by atoms with Gasteiger partial charge in [-0.25, -0.2) is 4.68 Å². The van der Waals surface area contributed by atoms with Crippen molar-refractivity contribution < 1.29 is 19.1 Å². The molecule has 1 aromatic heterocycles. The largest absolute Gasteiger partial charge is 0.381 e. The Morgan fingerprint density at radius 3 is 2.49 bits per heavy atom. The summed E-state index contributed by atoms with van der Waals surface area (Å²) in [5, 5.41) is 10.4. The summed E-state index contributed by atoms with van der Waals surface area (Å²) in [4.78, 5) is 25.2. The molecule has 2 N–H and O–H groups in total. The number of hydrogen-bond donors (Lipinski definition) is 2. The summed E-state index contributed by atoms with van der Waals surface area (Å²) in [5.41, 5.74) is 3.14. The Balaban J connectivity index is 1.21. The van der Waals surface area contributed by atoms with Crippen LogP contribution >= 0.6 is 0 Å². The number of benzene rings is 2. The smallest absolute Gasteiger partial charge is 0.251 e. The van der Waals surface area contributed by atoms with Gasteiger partial charge in [0.25, 0.3) is 5.91 Å². The number of carbonyl (C=O) groups is 2. The monoisotopic (exact) mass is 474 g/mol. The SMILES string of the molecule is O=C(NCC1(c2ccccc2)CCOCC1)c1ccc(-n2cc(NC(=O)C3CCOC3)cn2)cc1. The summed E-state index contributed by atoms with van der Waals surface area (Å²) in [6, 6.07) is 17.6. The first-order valence-corrected chi connectivity index (χ1v) is 12.1. The molecule has 2 aromatic carbocycles. The standard InChI is InChI=1S/C27H30N4O4/c32-25(28-19-27(11-14-34-15-12-27)22-4-2-1-3-5-22)20-6-8-24(9-7-20)31-17-23(16-29-31)30-26(33)21-10-13-35-18-21/h1-9,16-17,21H,10-15,18-19H2,(H,28,32)(H,30,33). The number of nitrogens with zero attached hydrogens (tertiary/aromatic N) is 2. The van der Waals surface area contributed by atoms with E-state index in [1.165, 1.54) is 5.56 Å². The molecule has 8 heteroatoms. The second-order valence-electron chi connectivity index (χ2n) is 9.21. The highest BCUT2D eigenvalue weighted by molar-refractivity contribution is 5.94. The molecule has 35 heavy (non-hydrogen) atoms. The van der Waals surface area contributed by atoms with E-state index >= 15 is 0 Å². The molecule has 1 unspecified atom stereocenters. The second kappa shape index (κ2) is 10.4. The van der Waals surface area contributed by atoms with Crippen molar-refractivity contribution in [1.82, 2.24) is 15.1 Å². The van der Waals surface area contributed by atoms with Crippen molar-refractivity contribution in [3.63, 3.8) is 0 Å². The zero-order valence-electron chi connectivity index (χ0n) is 19.6. The Hall–Kier alpha value is -3.49. The molecule has 0 saturated carbocycles. The van der Waals surface area contributed by atoms with Crippen molar-refractivity contribution in [2.45, 2.75) is 24.7 Å². The highest BCUT2D eigenvalue weighted by Gasteiger charge is 2.34. The van der Waals surface area contributed by atoms with Crippen LogP contribution in [0.15, 0.2) is 67.0 Å². The van der Waals surface area contributed by atoms with Crippen LogP contribution in [0.4, 0.5) is 5.69 Å². The van der Waals surface area contributed by atoms with Gasteiger partial charge in [0.2, 0.25) is 5.91 Å². The zero-order valence-corrected chi connectivity index (χ0v) is 19.6. The summed E-state index contributed by atoms with van der Waals surface area (Å²) in [7, 11) is 0. The molecule has 0 bridgehead atoms. The minimum atomic E-state index is -0.115. The Morgan fingerprint density at radius 2 is 1.77 bits per heavy atom. The molecule has 1 atom stereocenters. The molecule has 2 amide bonds. The molecular weight excluding hydrogens is 444 g/mol. The number of anilines is 1. The molecule has 2 fully saturated rings. The van der Waals surface area contributed by atoms with Gasteiger partial charge in [-0.1, -0.05) is 30.3 Å². The normalized spacial score (nSPS) is 19.3. The lowest BCUT2D eigenvalue weighted by atomic mass is 9.74. The first-order valence-electron chi connectivity index (χ1n) is 12.1. The van der Waals surface area contributed by atoms with Gasteiger partial charge >= 0.3 is 0 Å². The molecule has 2 aliphatic heterocycles. The molecule has 2 aliphatic rings. The van der Waals surface area contributed by atoms with Crippen molar-refractivity contribution in [2.24, 2.45) is 5.92 Å². The second-order valence-corrected chi connectivity index (χ2v) is 9.21. The quantitative estimate of drug-likeness (QED) is 0.548. The number of nitrogens with one attached hydrogen (secondary N) is 2. The van der Waals surface area contributed by atoms with Gasteiger partial charge in [0, 0.05) is 37.3 Å². The number of hydrogen-bond acceptors (Lipinski definition) is 5. The summed E-state index contributed by atoms with van der Waals surface area (Å²) >= 11 is 0. The number of ether oxygens (including phenoxy) is 2. The van der Waals surface area contributed by atoms with Crippen LogP contribution in [0, 0.1) is 5.92 Å². The van der Waals surface area contributed by atoms with Crippen LogP contribution in [0.2, 0.25) is 0 Å². The Kier molecular flexibility index (Phi) is 6.92. The van der Waals surface area contributed by atoms with Crippen LogP contribution in [0.1, 0.15) is 35.2 Å². The first kappa shape index (κ1) is 23.3. The molecule has 5 rings (SSSR count). The van der Waals surface area contributed by atoms with E-state index < -0.39 is 0 Å². The van der Waals surface area contributed by atoms with E-state index in [0.717, 1.165) is 24.9 Å². The Bertz CT molecular complexity index is 1150. The molecule has 182 valence electrons. The lowest BCUT2D eigenvalue weighted by Gasteiger charge is -2.38. The van der Waals surface area contributed by atoms with Crippen molar-refractivity contribution in [1.29, 1.82) is 0 Å². The molecule has 2 saturated heterocycles. The highest BCUT2D eigenvalue weighted by Crippen LogP contribution is 2.34. The summed E-state index contributed by atoms with van der Waals surface area (Å²) in [6.07, 6.45) is 5.87. The van der Waals surface area contributed by atoms with Gasteiger partial charge < -0.3 is 20.1 Å². The predicted octanol–water partition coefficient (Wildman–Crippen LogP) is 3.33. The van der Waals surface area contributed by atoms with E-state index in [-0.39, 0.29) is 23.1 Å². The average molecular weight is 475 g/mol. The maximum Gasteiger partial charge on any atom is 0.251 e. The van der Waals surface area contributed by atoms with Crippen LogP contribution < -0.4 is 10.6 Å². The topological polar surface area (TPSA) is 94.5 Å². The van der Waals surface area contributed by atoms with Crippen LogP contribution in [0.5, 0.6) is 0 Å². The maximum atomic E-state index is 12.9. The van der Waals surface area contributed by atoms with Crippen molar-refractivity contribution in [2.75, 3.05) is 38.3 Å². The molecule has 3 heterocycles. The average Bonchev–Trinajstić information content (AvgIpc) is 3.61. The van der Waals surface area contributed by atoms with Crippen molar-refractivity contribution in [3.05, 3.63) is 78.1 Å². The number of carbonyl (C=O) groups excluding carboxylic acids is 2. The fourth-order valence-electron chi connectivity index (χ4n) is 4.75. The van der Waals surface area contributed by atoms with E-state index in [1.54, 1.807) is 29.2 Å². The predicted molar refractivity (Wildman–Crippen MR) is 132 cm³/mol. The first-order chi connectivity index (χ1) is 17.1. The minimum absolute atomic E-state index is 0.0492. The van der Waals surface area contributed by atoms with E-state index in [4.69, 9.17) is 9.47 Å². The van der Waals surface area contributed by atoms with Gasteiger partial charge in [-0.2, -0.15) is 5.10 Å². The molecule has 3 aromatic rings. The molecule has 0 radical (unpaired) electrons. The summed E-state index contributed by atoms with van der Waals surface area (Å²) < 4.78 is 12.5. The van der Waals surface area contributed by atoms with Crippen LogP contribution in [-0.4, -0.2) is 54.6 Å². The highest BCUT2D eigenvalue weighted by atomic mass is 16.5. The fraction of sp³-hybridized carbons (Fsp3) is 0.370. The van der Waals surface area contributed by atoms with Gasteiger partial charge in [0.05, 0.1) is 36.3 Å². The summed E-state index contributed by atoms with van der Waals surface area (Å²) in [5.74, 6) is -0.268. The Morgan fingerprint density at radius 1 is 1.00 bits per heavy atom. The molecule has 0 aliphatic carbocycles. The van der Waals surface area contributed by atoms with Gasteiger partial charge in [0.15, 0.2) is 0 Å². The van der Waals surface area contributed by atoms with E-state index in [0.29, 0.717) is 44.2 Å². The van der Waals surface area contributed by atoms with Crippen LogP contribution in [-0.2, 0) is 19.7 Å².